The molecule has 0 aliphatic heterocycles. The maximum absolute atomic E-state index is 11.5. The van der Waals surface area contributed by atoms with Gasteiger partial charge in [-0.15, -0.1) is 0 Å². The molecule has 2 aliphatic carbocycles. The first-order valence-electron chi connectivity index (χ1n) is 6.76. The normalized spacial score (nSPS) is 19.0. The molecule has 0 aromatic carbocycles. The van der Waals surface area contributed by atoms with Crippen LogP contribution in [-0.2, 0) is 7.05 Å². The molecule has 5 heteroatoms. The number of hydrogen-bond acceptors (Lipinski definition) is 3. The minimum absolute atomic E-state index is 0.377. The van der Waals surface area contributed by atoms with Crippen molar-refractivity contribution >= 4 is 17.0 Å². The molecule has 2 aromatic rings. The van der Waals surface area contributed by atoms with Gasteiger partial charge in [-0.1, -0.05) is 0 Å². The standard InChI is InChI=1S/C14H15N3O2/c1-17-13-11(12(16-17)8-4-5-8)9(14(18)19)6-10(15-13)7-2-3-7/h6-8H,2-5H2,1H3,(H,18,19). The number of carbonyl (C=O) groups is 1. The Morgan fingerprint density at radius 2 is 2.00 bits per heavy atom. The monoisotopic (exact) mass is 257 g/mol. The van der Waals surface area contributed by atoms with Crippen molar-refractivity contribution in [2.75, 3.05) is 0 Å². The molecule has 98 valence electrons. The van der Waals surface area contributed by atoms with Gasteiger partial charge >= 0.3 is 5.97 Å². The van der Waals surface area contributed by atoms with E-state index in [0.29, 0.717) is 17.4 Å². The van der Waals surface area contributed by atoms with Gasteiger partial charge in [0.25, 0.3) is 0 Å². The third-order valence-electron chi connectivity index (χ3n) is 4.03. The van der Waals surface area contributed by atoms with Crippen LogP contribution in [0.5, 0.6) is 0 Å². The second kappa shape index (κ2) is 3.56. The molecule has 5 nitrogen and oxygen atoms in total. The third kappa shape index (κ3) is 1.64. The number of aryl methyl sites for hydroxylation is 1. The van der Waals surface area contributed by atoms with Crippen LogP contribution in [0, 0.1) is 0 Å². The van der Waals surface area contributed by atoms with Crippen LogP contribution in [0.15, 0.2) is 6.07 Å². The van der Waals surface area contributed by atoms with E-state index in [-0.39, 0.29) is 0 Å². The van der Waals surface area contributed by atoms with Crippen LogP contribution in [0.2, 0.25) is 0 Å². The van der Waals surface area contributed by atoms with E-state index in [2.05, 4.69) is 10.1 Å². The molecular weight excluding hydrogens is 242 g/mol. The zero-order valence-electron chi connectivity index (χ0n) is 10.8. The van der Waals surface area contributed by atoms with E-state index in [1.54, 1.807) is 10.7 Å². The fourth-order valence-corrected chi connectivity index (χ4v) is 2.70. The van der Waals surface area contributed by atoms with Crippen molar-refractivity contribution in [3.63, 3.8) is 0 Å². The molecular formula is C14H15N3O2. The number of aromatic nitrogens is 3. The smallest absolute Gasteiger partial charge is 0.336 e. The highest BCUT2D eigenvalue weighted by molar-refractivity contribution is 6.03. The lowest BCUT2D eigenvalue weighted by molar-refractivity contribution is 0.0698. The van der Waals surface area contributed by atoms with Gasteiger partial charge in [0.1, 0.15) is 0 Å². The van der Waals surface area contributed by atoms with Crippen molar-refractivity contribution in [3.8, 4) is 0 Å². The molecule has 0 spiro atoms. The van der Waals surface area contributed by atoms with E-state index < -0.39 is 5.97 Å². The maximum Gasteiger partial charge on any atom is 0.336 e. The van der Waals surface area contributed by atoms with Gasteiger partial charge in [0.2, 0.25) is 0 Å². The number of nitrogens with zero attached hydrogens (tertiary/aromatic N) is 3. The Kier molecular flexibility index (Phi) is 2.05. The van der Waals surface area contributed by atoms with Crippen LogP contribution in [0.25, 0.3) is 11.0 Å². The zero-order valence-corrected chi connectivity index (χ0v) is 10.8. The minimum atomic E-state index is -0.871. The molecule has 0 bridgehead atoms. The molecule has 2 saturated carbocycles. The maximum atomic E-state index is 11.5. The quantitative estimate of drug-likeness (QED) is 0.916. The molecule has 2 fully saturated rings. The average molecular weight is 257 g/mol. The summed E-state index contributed by atoms with van der Waals surface area (Å²) in [5, 5.41) is 14.7. The highest BCUT2D eigenvalue weighted by atomic mass is 16.4. The Hall–Kier alpha value is -1.91. The lowest BCUT2D eigenvalue weighted by atomic mass is 10.1. The Balaban J connectivity index is 2.03. The largest absolute Gasteiger partial charge is 0.478 e. The molecule has 0 radical (unpaired) electrons. The number of carboxylic acids is 1. The Morgan fingerprint density at radius 1 is 1.32 bits per heavy atom. The van der Waals surface area contributed by atoms with E-state index in [4.69, 9.17) is 0 Å². The van der Waals surface area contributed by atoms with Crippen LogP contribution in [0.1, 0.15) is 59.3 Å². The van der Waals surface area contributed by atoms with Crippen molar-refractivity contribution in [3.05, 3.63) is 23.0 Å². The first-order valence-corrected chi connectivity index (χ1v) is 6.76. The molecule has 2 heterocycles. The topological polar surface area (TPSA) is 68.0 Å². The molecule has 1 N–H and O–H groups in total. The first kappa shape index (κ1) is 11.0. The summed E-state index contributed by atoms with van der Waals surface area (Å²) in [6.07, 6.45) is 4.45. The van der Waals surface area contributed by atoms with Crippen LogP contribution >= 0.6 is 0 Å². The molecule has 19 heavy (non-hydrogen) atoms. The minimum Gasteiger partial charge on any atom is -0.478 e. The zero-order chi connectivity index (χ0) is 13.1. The summed E-state index contributed by atoms with van der Waals surface area (Å²) in [5.74, 6) is 0.00125. The van der Waals surface area contributed by atoms with E-state index in [9.17, 15) is 9.90 Å². The highest BCUT2D eigenvalue weighted by Gasteiger charge is 2.33. The van der Waals surface area contributed by atoms with E-state index in [1.807, 2.05) is 7.05 Å². The number of rotatable bonds is 3. The van der Waals surface area contributed by atoms with Crippen LogP contribution in [0.4, 0.5) is 0 Å². The van der Waals surface area contributed by atoms with Crippen molar-refractivity contribution in [2.45, 2.75) is 37.5 Å². The van der Waals surface area contributed by atoms with Crippen LogP contribution in [-0.4, -0.2) is 25.8 Å². The summed E-state index contributed by atoms with van der Waals surface area (Å²) < 4.78 is 1.74. The second-order valence-corrected chi connectivity index (χ2v) is 5.66. The Labute approximate surface area is 110 Å². The summed E-state index contributed by atoms with van der Waals surface area (Å²) >= 11 is 0. The molecule has 0 amide bonds. The Bertz CT molecular complexity index is 696. The first-order chi connectivity index (χ1) is 9.15. The lowest BCUT2D eigenvalue weighted by Crippen LogP contribution is -2.02. The van der Waals surface area contributed by atoms with Gasteiger partial charge in [-0.25, -0.2) is 9.78 Å². The molecule has 4 rings (SSSR count). The number of aromatic carboxylic acids is 1. The predicted octanol–water partition coefficient (Wildman–Crippen LogP) is 2.42. The van der Waals surface area contributed by atoms with Crippen molar-refractivity contribution in [1.82, 2.24) is 14.8 Å². The van der Waals surface area contributed by atoms with E-state index in [0.717, 1.165) is 48.1 Å². The number of carboxylic acid groups (broad SMARTS) is 1. The molecule has 2 aliphatic rings. The SMILES string of the molecule is Cn1nc(C2CC2)c2c(C(=O)O)cc(C3CC3)nc21. The van der Waals surface area contributed by atoms with Gasteiger partial charge in [-0.05, 0) is 31.7 Å². The van der Waals surface area contributed by atoms with Crippen LogP contribution in [0.3, 0.4) is 0 Å². The van der Waals surface area contributed by atoms with Gasteiger partial charge in [-0.2, -0.15) is 5.10 Å². The molecule has 0 atom stereocenters. The summed E-state index contributed by atoms with van der Waals surface area (Å²) in [4.78, 5) is 16.2. The van der Waals surface area contributed by atoms with E-state index in [1.165, 1.54) is 0 Å². The second-order valence-electron chi connectivity index (χ2n) is 5.66. The van der Waals surface area contributed by atoms with Crippen LogP contribution < -0.4 is 0 Å². The van der Waals surface area contributed by atoms with Crippen molar-refractivity contribution < 1.29 is 9.90 Å². The van der Waals surface area contributed by atoms with Crippen molar-refractivity contribution in [2.24, 2.45) is 7.05 Å². The van der Waals surface area contributed by atoms with Gasteiger partial charge in [0.05, 0.1) is 16.6 Å². The van der Waals surface area contributed by atoms with Gasteiger partial charge < -0.3 is 5.11 Å². The summed E-state index contributed by atoms with van der Waals surface area (Å²) in [7, 11) is 1.85. The lowest BCUT2D eigenvalue weighted by Gasteiger charge is -2.04. The molecule has 0 saturated heterocycles. The molecule has 2 aromatic heterocycles. The summed E-state index contributed by atoms with van der Waals surface area (Å²) in [6, 6.07) is 1.76. The summed E-state index contributed by atoms with van der Waals surface area (Å²) in [6.45, 7) is 0. The highest BCUT2D eigenvalue weighted by Crippen LogP contribution is 2.45. The van der Waals surface area contributed by atoms with Gasteiger partial charge in [-0.3, -0.25) is 4.68 Å². The predicted molar refractivity (Wildman–Crippen MR) is 69.4 cm³/mol. The summed E-state index contributed by atoms with van der Waals surface area (Å²) in [5.41, 5.74) is 2.94. The van der Waals surface area contributed by atoms with Gasteiger partial charge in [0, 0.05) is 24.6 Å². The average Bonchev–Trinajstić information content (AvgIpc) is 3.26. The number of pyridine rings is 1. The van der Waals surface area contributed by atoms with Gasteiger partial charge in [0.15, 0.2) is 5.65 Å². The third-order valence-corrected chi connectivity index (χ3v) is 4.03. The number of fused-ring (bicyclic) bond motifs is 1. The Morgan fingerprint density at radius 3 is 2.58 bits per heavy atom. The fourth-order valence-electron chi connectivity index (χ4n) is 2.70. The van der Waals surface area contributed by atoms with E-state index >= 15 is 0 Å². The number of hydrogen-bond donors (Lipinski definition) is 1. The molecule has 0 unspecified atom stereocenters. The van der Waals surface area contributed by atoms with Crippen molar-refractivity contribution in [1.29, 1.82) is 0 Å². The fraction of sp³-hybridized carbons (Fsp3) is 0.500.